The lowest BCUT2D eigenvalue weighted by atomic mass is 10.0. The summed E-state index contributed by atoms with van der Waals surface area (Å²) in [5.74, 6) is -1.41. The molecule has 0 aliphatic carbocycles. The molecule has 3 rings (SSSR count). The number of carbonyl (C=O) groups is 3. The van der Waals surface area contributed by atoms with Crippen molar-refractivity contribution in [3.8, 4) is 28.4 Å². The summed E-state index contributed by atoms with van der Waals surface area (Å²) in [6, 6.07) is 13.7. The molecule has 35 heavy (non-hydrogen) atoms. The van der Waals surface area contributed by atoms with Crippen LogP contribution in [0.2, 0.25) is 0 Å². The molecule has 0 amide bonds. The number of hydrogen-bond donors (Lipinski definition) is 0. The van der Waals surface area contributed by atoms with Gasteiger partial charge in [-0.15, -0.1) is 0 Å². The summed E-state index contributed by atoms with van der Waals surface area (Å²) >= 11 is 0. The van der Waals surface area contributed by atoms with Gasteiger partial charge in [0.2, 0.25) is 0 Å². The molecular formula is C25H26N2O8. The van der Waals surface area contributed by atoms with E-state index in [4.69, 9.17) is 23.7 Å². The molecular weight excluding hydrogens is 456 g/mol. The van der Waals surface area contributed by atoms with E-state index >= 15 is 0 Å². The van der Waals surface area contributed by atoms with Gasteiger partial charge in [-0.05, 0) is 44.2 Å². The topological polar surface area (TPSA) is 115 Å². The SMILES string of the molecule is CCOC(=O)COc1ccc(-c2nn(-c3ccccc3)c(C(=O)OC)c2C(=O)OC)cc1OCC. The number of hydrogen-bond acceptors (Lipinski definition) is 9. The number of benzene rings is 2. The van der Waals surface area contributed by atoms with Crippen molar-refractivity contribution in [3.05, 3.63) is 59.8 Å². The third-order valence-corrected chi connectivity index (χ3v) is 4.82. The predicted octanol–water partition coefficient (Wildman–Crippen LogP) is 3.45. The zero-order valence-electron chi connectivity index (χ0n) is 19.9. The highest BCUT2D eigenvalue weighted by atomic mass is 16.6. The van der Waals surface area contributed by atoms with E-state index < -0.39 is 17.9 Å². The molecule has 0 saturated heterocycles. The van der Waals surface area contributed by atoms with Crippen LogP contribution in [0.3, 0.4) is 0 Å². The quantitative estimate of drug-likeness (QED) is 0.316. The van der Waals surface area contributed by atoms with Crippen LogP contribution in [0.1, 0.15) is 34.7 Å². The Balaban J connectivity index is 2.16. The molecule has 0 fully saturated rings. The Morgan fingerprint density at radius 1 is 0.857 bits per heavy atom. The van der Waals surface area contributed by atoms with E-state index in [1.54, 1.807) is 56.3 Å². The van der Waals surface area contributed by atoms with Gasteiger partial charge in [-0.25, -0.2) is 19.1 Å². The molecule has 0 spiro atoms. The Bertz CT molecular complexity index is 1200. The standard InChI is InChI=1S/C25H26N2O8/c1-5-33-19-14-16(12-13-18(19)35-15-20(28)34-6-2)22-21(24(29)31-3)23(25(30)32-4)27(26-22)17-10-8-7-9-11-17/h7-14H,5-6,15H2,1-4H3. The first-order valence-electron chi connectivity index (χ1n) is 10.9. The number of para-hydroxylation sites is 1. The van der Waals surface area contributed by atoms with E-state index in [0.717, 1.165) is 0 Å². The Labute approximate surface area is 202 Å². The Kier molecular flexibility index (Phi) is 8.44. The highest BCUT2D eigenvalue weighted by Crippen LogP contribution is 2.35. The van der Waals surface area contributed by atoms with Crippen LogP contribution in [-0.2, 0) is 19.0 Å². The fraction of sp³-hybridized carbons (Fsp3) is 0.280. The lowest BCUT2D eigenvalue weighted by molar-refractivity contribution is -0.145. The van der Waals surface area contributed by atoms with Crippen molar-refractivity contribution in [3.63, 3.8) is 0 Å². The van der Waals surface area contributed by atoms with Gasteiger partial charge in [0.05, 0.1) is 33.1 Å². The van der Waals surface area contributed by atoms with E-state index in [1.165, 1.54) is 18.9 Å². The lowest BCUT2D eigenvalue weighted by Gasteiger charge is -2.13. The minimum atomic E-state index is -0.761. The van der Waals surface area contributed by atoms with Crippen LogP contribution in [0, 0.1) is 0 Å². The van der Waals surface area contributed by atoms with Gasteiger partial charge in [0.15, 0.2) is 23.8 Å². The summed E-state index contributed by atoms with van der Waals surface area (Å²) in [6.07, 6.45) is 0. The van der Waals surface area contributed by atoms with Crippen LogP contribution >= 0.6 is 0 Å². The number of methoxy groups -OCH3 is 2. The number of esters is 3. The van der Waals surface area contributed by atoms with Gasteiger partial charge in [0, 0.05) is 5.56 Å². The smallest absolute Gasteiger partial charge is 0.357 e. The third-order valence-electron chi connectivity index (χ3n) is 4.82. The molecule has 0 saturated carbocycles. The van der Waals surface area contributed by atoms with E-state index in [1.807, 2.05) is 6.07 Å². The number of nitrogens with zero attached hydrogens (tertiary/aromatic N) is 2. The first-order chi connectivity index (χ1) is 16.9. The van der Waals surface area contributed by atoms with Gasteiger partial charge in [-0.3, -0.25) is 0 Å². The molecule has 0 N–H and O–H groups in total. The summed E-state index contributed by atoms with van der Waals surface area (Å²) in [5.41, 5.74) is 1.03. The maximum absolute atomic E-state index is 12.8. The second kappa shape index (κ2) is 11.7. The molecule has 10 nitrogen and oxygen atoms in total. The van der Waals surface area contributed by atoms with Crippen molar-refractivity contribution in [1.82, 2.24) is 9.78 Å². The van der Waals surface area contributed by atoms with Gasteiger partial charge in [-0.1, -0.05) is 18.2 Å². The number of ether oxygens (including phenoxy) is 5. The Morgan fingerprint density at radius 2 is 1.57 bits per heavy atom. The number of rotatable bonds is 10. The Hall–Kier alpha value is -4.34. The largest absolute Gasteiger partial charge is 0.490 e. The lowest BCUT2D eigenvalue weighted by Crippen LogP contribution is -2.15. The van der Waals surface area contributed by atoms with Gasteiger partial charge < -0.3 is 23.7 Å². The van der Waals surface area contributed by atoms with E-state index in [9.17, 15) is 14.4 Å². The fourth-order valence-electron chi connectivity index (χ4n) is 3.34. The molecule has 1 heterocycles. The molecule has 0 bridgehead atoms. The van der Waals surface area contributed by atoms with Crippen molar-refractivity contribution in [2.24, 2.45) is 0 Å². The summed E-state index contributed by atoms with van der Waals surface area (Å²) in [5, 5.41) is 4.56. The fourth-order valence-corrected chi connectivity index (χ4v) is 3.34. The van der Waals surface area contributed by atoms with Gasteiger partial charge in [-0.2, -0.15) is 5.10 Å². The summed E-state index contributed by atoms with van der Waals surface area (Å²) in [7, 11) is 2.43. The third kappa shape index (κ3) is 5.60. The van der Waals surface area contributed by atoms with Crippen LogP contribution in [0.5, 0.6) is 11.5 Å². The molecule has 184 valence electrons. The second-order valence-electron chi connectivity index (χ2n) is 6.99. The average Bonchev–Trinajstić information content (AvgIpc) is 3.28. The molecule has 3 aromatic rings. The van der Waals surface area contributed by atoms with Crippen molar-refractivity contribution in [1.29, 1.82) is 0 Å². The maximum Gasteiger partial charge on any atom is 0.357 e. The van der Waals surface area contributed by atoms with E-state index in [-0.39, 0.29) is 30.2 Å². The highest BCUT2D eigenvalue weighted by molar-refractivity contribution is 6.06. The van der Waals surface area contributed by atoms with Gasteiger partial charge >= 0.3 is 17.9 Å². The summed E-state index contributed by atoms with van der Waals surface area (Å²) in [6.45, 7) is 3.75. The zero-order chi connectivity index (χ0) is 25.4. The van der Waals surface area contributed by atoms with Gasteiger partial charge in [0.1, 0.15) is 11.3 Å². The molecule has 0 aliphatic rings. The minimum absolute atomic E-state index is 0.0640. The van der Waals surface area contributed by atoms with E-state index in [2.05, 4.69) is 5.10 Å². The summed E-state index contributed by atoms with van der Waals surface area (Å²) < 4.78 is 27.4. The molecule has 0 aliphatic heterocycles. The molecule has 0 atom stereocenters. The van der Waals surface area contributed by atoms with Crippen LogP contribution in [0.25, 0.3) is 16.9 Å². The van der Waals surface area contributed by atoms with Crippen molar-refractivity contribution in [2.75, 3.05) is 34.0 Å². The van der Waals surface area contributed by atoms with Crippen molar-refractivity contribution >= 4 is 17.9 Å². The maximum atomic E-state index is 12.8. The molecule has 2 aromatic carbocycles. The first-order valence-corrected chi connectivity index (χ1v) is 10.9. The van der Waals surface area contributed by atoms with Crippen LogP contribution < -0.4 is 9.47 Å². The molecule has 10 heteroatoms. The van der Waals surface area contributed by atoms with Crippen LogP contribution in [0.4, 0.5) is 0 Å². The monoisotopic (exact) mass is 482 g/mol. The summed E-state index contributed by atoms with van der Waals surface area (Å²) in [4.78, 5) is 37.3. The van der Waals surface area contributed by atoms with E-state index in [0.29, 0.717) is 29.4 Å². The molecule has 0 unspecified atom stereocenters. The normalized spacial score (nSPS) is 10.4. The average molecular weight is 482 g/mol. The number of aromatic nitrogens is 2. The molecule has 0 radical (unpaired) electrons. The number of carbonyl (C=O) groups excluding carboxylic acids is 3. The van der Waals surface area contributed by atoms with Crippen molar-refractivity contribution in [2.45, 2.75) is 13.8 Å². The zero-order valence-corrected chi connectivity index (χ0v) is 19.9. The molecule has 1 aromatic heterocycles. The van der Waals surface area contributed by atoms with Gasteiger partial charge in [0.25, 0.3) is 0 Å². The Morgan fingerprint density at radius 3 is 2.20 bits per heavy atom. The minimum Gasteiger partial charge on any atom is -0.490 e. The van der Waals surface area contributed by atoms with Crippen LogP contribution in [0.15, 0.2) is 48.5 Å². The van der Waals surface area contributed by atoms with Crippen molar-refractivity contribution < 1.29 is 38.1 Å². The first kappa shape index (κ1) is 25.3. The highest BCUT2D eigenvalue weighted by Gasteiger charge is 2.31. The second-order valence-corrected chi connectivity index (χ2v) is 6.99. The van der Waals surface area contributed by atoms with Crippen LogP contribution in [-0.4, -0.2) is 61.7 Å². The predicted molar refractivity (Wildman–Crippen MR) is 125 cm³/mol.